The van der Waals surface area contributed by atoms with Crippen molar-refractivity contribution < 1.29 is 23.8 Å². The van der Waals surface area contributed by atoms with E-state index in [0.29, 0.717) is 41.5 Å². The minimum Gasteiger partial charge on any atom is -0.493 e. The molecule has 2 unspecified atom stereocenters. The van der Waals surface area contributed by atoms with Gasteiger partial charge in [0.25, 0.3) is 5.91 Å². The normalized spacial score (nSPS) is 17.4. The Bertz CT molecular complexity index is 1130. The largest absolute Gasteiger partial charge is 0.493 e. The maximum atomic E-state index is 13.8. The lowest BCUT2D eigenvalue weighted by Crippen LogP contribution is -2.47. The molecule has 7 nitrogen and oxygen atoms in total. The minimum absolute atomic E-state index is 0.101. The summed E-state index contributed by atoms with van der Waals surface area (Å²) in [5, 5.41) is 4.98. The van der Waals surface area contributed by atoms with Gasteiger partial charge in [0, 0.05) is 35.8 Å². The zero-order valence-electron chi connectivity index (χ0n) is 18.7. The molecule has 172 valence electrons. The number of thiophene rings is 1. The van der Waals surface area contributed by atoms with Crippen LogP contribution in [0.2, 0.25) is 0 Å². The molecule has 2 heterocycles. The fourth-order valence-corrected chi connectivity index (χ4v) is 5.09. The van der Waals surface area contributed by atoms with Gasteiger partial charge in [0.15, 0.2) is 11.5 Å². The van der Waals surface area contributed by atoms with E-state index in [1.807, 2.05) is 35.7 Å². The molecular formula is C25H26N2O5S. The molecule has 1 aliphatic heterocycles. The molecule has 4 rings (SSSR count). The van der Waals surface area contributed by atoms with Gasteiger partial charge >= 0.3 is 0 Å². The second-order valence-electron chi connectivity index (χ2n) is 7.58. The van der Waals surface area contributed by atoms with Gasteiger partial charge in [-0.25, -0.2) is 0 Å². The number of ether oxygens (including phenoxy) is 3. The Balaban J connectivity index is 1.76. The van der Waals surface area contributed by atoms with E-state index in [0.717, 1.165) is 4.88 Å². The molecule has 0 aliphatic carbocycles. The number of nitrogens with one attached hydrogen (secondary N) is 1. The molecule has 0 radical (unpaired) electrons. The van der Waals surface area contributed by atoms with Crippen molar-refractivity contribution in [1.82, 2.24) is 4.90 Å². The van der Waals surface area contributed by atoms with E-state index in [9.17, 15) is 9.59 Å². The fraction of sp³-hybridized carbons (Fsp3) is 0.280. The smallest absolute Gasteiger partial charge is 0.254 e. The highest BCUT2D eigenvalue weighted by molar-refractivity contribution is 7.10. The number of hydrogen-bond acceptors (Lipinski definition) is 6. The average molecular weight is 467 g/mol. The summed E-state index contributed by atoms with van der Waals surface area (Å²) in [5.41, 5.74) is 1.84. The van der Waals surface area contributed by atoms with E-state index in [2.05, 4.69) is 5.32 Å². The van der Waals surface area contributed by atoms with Gasteiger partial charge in [-0.2, -0.15) is 0 Å². The molecule has 8 heteroatoms. The van der Waals surface area contributed by atoms with Gasteiger partial charge < -0.3 is 24.4 Å². The van der Waals surface area contributed by atoms with Crippen molar-refractivity contribution in [2.45, 2.75) is 12.0 Å². The van der Waals surface area contributed by atoms with Gasteiger partial charge in [-0.15, -0.1) is 11.3 Å². The molecule has 3 aromatic rings. The number of rotatable bonds is 8. The third-order valence-electron chi connectivity index (χ3n) is 5.74. The van der Waals surface area contributed by atoms with Crippen LogP contribution in [0.4, 0.5) is 5.69 Å². The van der Waals surface area contributed by atoms with Gasteiger partial charge in [0.2, 0.25) is 5.91 Å². The van der Waals surface area contributed by atoms with Crippen molar-refractivity contribution in [2.75, 3.05) is 39.8 Å². The molecular weight excluding hydrogens is 440 g/mol. The lowest BCUT2D eigenvalue weighted by atomic mass is 9.81. The lowest BCUT2D eigenvalue weighted by Gasteiger charge is -2.41. The molecule has 2 aromatic carbocycles. The van der Waals surface area contributed by atoms with Crippen LogP contribution in [0.25, 0.3) is 0 Å². The molecule has 0 spiro atoms. The van der Waals surface area contributed by atoms with E-state index in [4.69, 9.17) is 14.2 Å². The van der Waals surface area contributed by atoms with Crippen molar-refractivity contribution in [1.29, 1.82) is 0 Å². The van der Waals surface area contributed by atoms with Crippen LogP contribution in [0.3, 0.4) is 0 Å². The molecule has 1 aromatic heterocycles. The Labute approximate surface area is 196 Å². The van der Waals surface area contributed by atoms with Gasteiger partial charge in [-0.1, -0.05) is 24.3 Å². The average Bonchev–Trinajstić information content (AvgIpc) is 3.37. The van der Waals surface area contributed by atoms with Crippen LogP contribution in [-0.2, 0) is 9.53 Å². The summed E-state index contributed by atoms with van der Waals surface area (Å²) in [6.07, 6.45) is 0. The third-order valence-corrected chi connectivity index (χ3v) is 6.69. The van der Waals surface area contributed by atoms with Crippen molar-refractivity contribution >= 4 is 28.8 Å². The minimum atomic E-state index is -0.595. The summed E-state index contributed by atoms with van der Waals surface area (Å²) in [5.74, 6) is 0.194. The van der Waals surface area contributed by atoms with Crippen LogP contribution in [0.5, 0.6) is 11.5 Å². The molecule has 0 saturated carbocycles. The zero-order valence-corrected chi connectivity index (χ0v) is 19.6. The van der Waals surface area contributed by atoms with Gasteiger partial charge in [-0.3, -0.25) is 9.59 Å². The van der Waals surface area contributed by atoms with Crippen LogP contribution < -0.4 is 14.8 Å². The first-order valence-electron chi connectivity index (χ1n) is 10.5. The number of amides is 2. The monoisotopic (exact) mass is 466 g/mol. The summed E-state index contributed by atoms with van der Waals surface area (Å²) in [4.78, 5) is 29.9. The maximum absolute atomic E-state index is 13.8. The summed E-state index contributed by atoms with van der Waals surface area (Å²) in [6.45, 7) is 0.756. The molecule has 2 atom stereocenters. The molecule has 1 N–H and O–H groups in total. The van der Waals surface area contributed by atoms with E-state index in [1.54, 1.807) is 50.5 Å². The van der Waals surface area contributed by atoms with E-state index >= 15 is 0 Å². The summed E-state index contributed by atoms with van der Waals surface area (Å²) >= 11 is 1.53. The SMILES string of the molecule is COCCN1C(=O)c2ccccc2C(C(=O)Nc2ccc(OC)c(OC)c2)C1c1cccs1. The van der Waals surface area contributed by atoms with Crippen LogP contribution in [0.1, 0.15) is 32.8 Å². The van der Waals surface area contributed by atoms with Crippen LogP contribution in [-0.4, -0.2) is 51.2 Å². The Morgan fingerprint density at radius 3 is 2.52 bits per heavy atom. The Morgan fingerprint density at radius 2 is 1.82 bits per heavy atom. The standard InChI is InChI=1S/C25H26N2O5S/c1-30-13-12-27-23(21-9-6-14-33-21)22(17-7-4-5-8-18(17)25(27)29)24(28)26-16-10-11-19(31-2)20(15-16)32-3/h4-11,14-15,22-23H,12-13H2,1-3H3,(H,26,28). The first-order valence-corrected chi connectivity index (χ1v) is 11.4. The molecule has 2 amide bonds. The highest BCUT2D eigenvalue weighted by Crippen LogP contribution is 2.44. The first kappa shape index (κ1) is 22.8. The number of carbonyl (C=O) groups excluding carboxylic acids is 2. The van der Waals surface area contributed by atoms with Gasteiger partial charge in [0.05, 0.1) is 32.8 Å². The molecule has 1 aliphatic rings. The number of fused-ring (bicyclic) bond motifs is 1. The Kier molecular flexibility index (Phi) is 6.96. The molecule has 0 fully saturated rings. The van der Waals surface area contributed by atoms with Crippen LogP contribution in [0.15, 0.2) is 60.0 Å². The fourth-order valence-electron chi connectivity index (χ4n) is 4.22. The van der Waals surface area contributed by atoms with Crippen molar-refractivity contribution in [3.8, 4) is 11.5 Å². The van der Waals surface area contributed by atoms with Gasteiger partial charge in [0.1, 0.15) is 0 Å². The van der Waals surface area contributed by atoms with Crippen LogP contribution in [0, 0.1) is 0 Å². The third kappa shape index (κ3) is 4.44. The number of anilines is 1. The van der Waals surface area contributed by atoms with Crippen LogP contribution >= 0.6 is 11.3 Å². The molecule has 0 bridgehead atoms. The zero-order chi connectivity index (χ0) is 23.4. The highest BCUT2D eigenvalue weighted by atomic mass is 32.1. The summed E-state index contributed by atoms with van der Waals surface area (Å²) < 4.78 is 15.9. The topological polar surface area (TPSA) is 77.1 Å². The Morgan fingerprint density at radius 1 is 1.03 bits per heavy atom. The molecule has 33 heavy (non-hydrogen) atoms. The number of carbonyl (C=O) groups is 2. The second-order valence-corrected chi connectivity index (χ2v) is 8.55. The summed E-state index contributed by atoms with van der Waals surface area (Å²) in [7, 11) is 4.71. The van der Waals surface area contributed by atoms with Crippen molar-refractivity contribution in [3.05, 3.63) is 76.0 Å². The predicted molar refractivity (Wildman–Crippen MR) is 127 cm³/mol. The number of nitrogens with zero attached hydrogens (tertiary/aromatic N) is 1. The number of benzene rings is 2. The van der Waals surface area contributed by atoms with Gasteiger partial charge in [-0.05, 0) is 35.2 Å². The van der Waals surface area contributed by atoms with E-state index in [-0.39, 0.29) is 11.8 Å². The maximum Gasteiger partial charge on any atom is 0.254 e. The van der Waals surface area contributed by atoms with E-state index < -0.39 is 12.0 Å². The first-order chi connectivity index (χ1) is 16.1. The van der Waals surface area contributed by atoms with E-state index in [1.165, 1.54) is 11.3 Å². The second kappa shape index (κ2) is 10.1. The highest BCUT2D eigenvalue weighted by Gasteiger charge is 2.44. The Hall–Kier alpha value is -3.36. The summed E-state index contributed by atoms with van der Waals surface area (Å²) in [6, 6.07) is 16.0. The van der Waals surface area contributed by atoms with Crippen molar-refractivity contribution in [3.63, 3.8) is 0 Å². The lowest BCUT2D eigenvalue weighted by molar-refractivity contribution is -0.119. The predicted octanol–water partition coefficient (Wildman–Crippen LogP) is 4.33. The quantitative estimate of drug-likeness (QED) is 0.535. The number of methoxy groups -OCH3 is 3. The van der Waals surface area contributed by atoms with Crippen molar-refractivity contribution in [2.24, 2.45) is 0 Å². The molecule has 0 saturated heterocycles. The number of hydrogen-bond donors (Lipinski definition) is 1.